The Kier molecular flexibility index (Phi) is 2.35. The fourth-order valence-electron chi connectivity index (χ4n) is 1.52. The van der Waals surface area contributed by atoms with E-state index in [1.807, 2.05) is 23.9 Å². The van der Waals surface area contributed by atoms with E-state index in [9.17, 15) is 4.39 Å². The standard InChI is InChI=1S/C10H11FS/c11-9-5-3-8(4-6-9)10-2-1-7-12-10/h3-6,10H,1-2,7H2/t10-/m0/s1. The topological polar surface area (TPSA) is 0 Å². The smallest absolute Gasteiger partial charge is 0.123 e. The normalized spacial score (nSPS) is 22.9. The minimum atomic E-state index is -0.137. The molecule has 0 bridgehead atoms. The first-order valence-corrected chi connectivity index (χ1v) is 5.28. The van der Waals surface area contributed by atoms with Gasteiger partial charge in [-0.05, 0) is 36.3 Å². The molecule has 1 heterocycles. The summed E-state index contributed by atoms with van der Waals surface area (Å²) in [6.07, 6.45) is 2.54. The summed E-state index contributed by atoms with van der Waals surface area (Å²) in [6, 6.07) is 6.90. The summed E-state index contributed by atoms with van der Waals surface area (Å²) < 4.78 is 12.6. The zero-order valence-electron chi connectivity index (χ0n) is 6.79. The van der Waals surface area contributed by atoms with Crippen molar-refractivity contribution in [3.63, 3.8) is 0 Å². The molecule has 0 aromatic heterocycles. The van der Waals surface area contributed by atoms with Crippen LogP contribution in [0.1, 0.15) is 23.7 Å². The summed E-state index contributed by atoms with van der Waals surface area (Å²) in [5.41, 5.74) is 1.28. The van der Waals surface area contributed by atoms with Gasteiger partial charge in [-0.15, -0.1) is 0 Å². The number of rotatable bonds is 1. The van der Waals surface area contributed by atoms with E-state index in [4.69, 9.17) is 0 Å². The Balaban J connectivity index is 2.17. The van der Waals surface area contributed by atoms with Gasteiger partial charge in [0, 0.05) is 5.25 Å². The van der Waals surface area contributed by atoms with Gasteiger partial charge in [-0.3, -0.25) is 0 Å². The number of thioether (sulfide) groups is 1. The Morgan fingerprint density at radius 3 is 2.58 bits per heavy atom. The van der Waals surface area contributed by atoms with Gasteiger partial charge >= 0.3 is 0 Å². The average molecular weight is 182 g/mol. The zero-order valence-corrected chi connectivity index (χ0v) is 7.61. The van der Waals surface area contributed by atoms with Crippen LogP contribution >= 0.6 is 11.8 Å². The highest BCUT2D eigenvalue weighted by Gasteiger charge is 2.16. The Morgan fingerprint density at radius 2 is 2.00 bits per heavy atom. The number of hydrogen-bond donors (Lipinski definition) is 0. The van der Waals surface area contributed by atoms with Crippen LogP contribution in [0.15, 0.2) is 24.3 Å². The Hall–Kier alpha value is -0.500. The molecule has 0 saturated carbocycles. The molecule has 1 aromatic rings. The third-order valence-electron chi connectivity index (χ3n) is 2.17. The fourth-order valence-corrected chi connectivity index (χ4v) is 2.82. The van der Waals surface area contributed by atoms with Gasteiger partial charge in [-0.2, -0.15) is 11.8 Å². The van der Waals surface area contributed by atoms with Crippen molar-refractivity contribution in [2.75, 3.05) is 5.75 Å². The summed E-state index contributed by atoms with van der Waals surface area (Å²) in [4.78, 5) is 0. The van der Waals surface area contributed by atoms with Crippen LogP contribution in [0.2, 0.25) is 0 Å². The monoisotopic (exact) mass is 182 g/mol. The van der Waals surface area contributed by atoms with Gasteiger partial charge in [0.05, 0.1) is 0 Å². The first-order valence-electron chi connectivity index (χ1n) is 4.23. The van der Waals surface area contributed by atoms with E-state index >= 15 is 0 Å². The first-order chi connectivity index (χ1) is 5.86. The van der Waals surface area contributed by atoms with E-state index < -0.39 is 0 Å². The molecule has 1 aliphatic heterocycles. The number of benzene rings is 1. The van der Waals surface area contributed by atoms with E-state index in [-0.39, 0.29) is 5.82 Å². The van der Waals surface area contributed by atoms with Crippen LogP contribution in [0.25, 0.3) is 0 Å². The molecule has 2 rings (SSSR count). The van der Waals surface area contributed by atoms with E-state index in [0.29, 0.717) is 5.25 Å². The second-order valence-electron chi connectivity index (χ2n) is 3.05. The summed E-state index contributed by atoms with van der Waals surface area (Å²) in [5.74, 6) is 1.11. The van der Waals surface area contributed by atoms with Crippen LogP contribution in [0, 0.1) is 5.82 Å². The van der Waals surface area contributed by atoms with Crippen LogP contribution in [-0.2, 0) is 0 Å². The van der Waals surface area contributed by atoms with Crippen molar-refractivity contribution in [3.8, 4) is 0 Å². The van der Waals surface area contributed by atoms with Gasteiger partial charge in [0.25, 0.3) is 0 Å². The third kappa shape index (κ3) is 1.63. The zero-order chi connectivity index (χ0) is 8.39. The summed E-state index contributed by atoms with van der Waals surface area (Å²) in [6.45, 7) is 0. The molecule has 0 spiro atoms. The van der Waals surface area contributed by atoms with Crippen LogP contribution in [0.3, 0.4) is 0 Å². The maximum atomic E-state index is 12.6. The van der Waals surface area contributed by atoms with Crippen molar-refractivity contribution >= 4 is 11.8 Å². The van der Waals surface area contributed by atoms with Gasteiger partial charge < -0.3 is 0 Å². The van der Waals surface area contributed by atoms with Crippen LogP contribution in [0.5, 0.6) is 0 Å². The largest absolute Gasteiger partial charge is 0.207 e. The van der Waals surface area contributed by atoms with Crippen molar-refractivity contribution in [2.24, 2.45) is 0 Å². The highest BCUT2D eigenvalue weighted by Crippen LogP contribution is 2.39. The second-order valence-corrected chi connectivity index (χ2v) is 4.36. The van der Waals surface area contributed by atoms with Crippen molar-refractivity contribution in [3.05, 3.63) is 35.6 Å². The molecule has 12 heavy (non-hydrogen) atoms. The number of hydrogen-bond acceptors (Lipinski definition) is 1. The molecule has 1 aromatic carbocycles. The maximum Gasteiger partial charge on any atom is 0.123 e. The molecule has 1 fully saturated rings. The summed E-state index contributed by atoms with van der Waals surface area (Å²) >= 11 is 1.98. The molecule has 0 N–H and O–H groups in total. The molecule has 0 unspecified atom stereocenters. The molecule has 0 radical (unpaired) electrons. The average Bonchev–Trinajstić information content (AvgIpc) is 2.58. The minimum absolute atomic E-state index is 0.137. The highest BCUT2D eigenvalue weighted by atomic mass is 32.2. The van der Waals surface area contributed by atoms with E-state index in [0.717, 1.165) is 0 Å². The summed E-state index contributed by atoms with van der Waals surface area (Å²) in [5, 5.41) is 0.616. The lowest BCUT2D eigenvalue weighted by Crippen LogP contribution is -1.87. The van der Waals surface area contributed by atoms with Crippen molar-refractivity contribution in [2.45, 2.75) is 18.1 Å². The molecule has 2 heteroatoms. The molecule has 0 aliphatic carbocycles. The Labute approximate surface area is 76.2 Å². The van der Waals surface area contributed by atoms with Gasteiger partial charge in [0.2, 0.25) is 0 Å². The van der Waals surface area contributed by atoms with Crippen LogP contribution in [0.4, 0.5) is 4.39 Å². The predicted octanol–water partition coefficient (Wildman–Crippen LogP) is 3.39. The fraction of sp³-hybridized carbons (Fsp3) is 0.400. The number of halogens is 1. The molecule has 1 aliphatic rings. The van der Waals surface area contributed by atoms with E-state index in [1.54, 1.807) is 12.1 Å². The molecule has 0 amide bonds. The molecular formula is C10H11FS. The SMILES string of the molecule is Fc1ccc([C@@H]2CCCS2)cc1. The molecular weight excluding hydrogens is 171 g/mol. The molecule has 1 atom stereocenters. The van der Waals surface area contributed by atoms with Crippen molar-refractivity contribution in [1.82, 2.24) is 0 Å². The second kappa shape index (κ2) is 3.48. The lowest BCUT2D eigenvalue weighted by molar-refractivity contribution is 0.626. The van der Waals surface area contributed by atoms with E-state index in [2.05, 4.69) is 0 Å². The van der Waals surface area contributed by atoms with Crippen molar-refractivity contribution < 1.29 is 4.39 Å². The quantitative estimate of drug-likeness (QED) is 0.641. The highest BCUT2D eigenvalue weighted by molar-refractivity contribution is 7.99. The van der Waals surface area contributed by atoms with Crippen molar-refractivity contribution in [1.29, 1.82) is 0 Å². The third-order valence-corrected chi connectivity index (χ3v) is 3.61. The molecule has 1 saturated heterocycles. The van der Waals surface area contributed by atoms with Gasteiger partial charge in [-0.1, -0.05) is 12.1 Å². The van der Waals surface area contributed by atoms with Gasteiger partial charge in [0.1, 0.15) is 5.82 Å². The van der Waals surface area contributed by atoms with Gasteiger partial charge in [0.15, 0.2) is 0 Å². The lowest BCUT2D eigenvalue weighted by atomic mass is 10.1. The Morgan fingerprint density at radius 1 is 1.25 bits per heavy atom. The van der Waals surface area contributed by atoms with Gasteiger partial charge in [-0.25, -0.2) is 4.39 Å². The van der Waals surface area contributed by atoms with Crippen LogP contribution in [-0.4, -0.2) is 5.75 Å². The summed E-state index contributed by atoms with van der Waals surface area (Å²) in [7, 11) is 0. The Bertz CT molecular complexity index is 249. The maximum absolute atomic E-state index is 12.6. The predicted molar refractivity (Wildman–Crippen MR) is 50.8 cm³/mol. The molecule has 0 nitrogen and oxygen atoms in total. The van der Waals surface area contributed by atoms with Crippen LogP contribution < -0.4 is 0 Å². The lowest BCUT2D eigenvalue weighted by Gasteiger charge is -2.07. The molecule has 64 valence electrons. The van der Waals surface area contributed by atoms with E-state index in [1.165, 1.54) is 24.2 Å². The minimum Gasteiger partial charge on any atom is -0.207 e. The first kappa shape index (κ1) is 8.11.